The number of aryl methyl sites for hydroxylation is 1. The van der Waals surface area contributed by atoms with E-state index in [0.717, 1.165) is 44.5 Å². The van der Waals surface area contributed by atoms with Crippen molar-refractivity contribution in [3.05, 3.63) is 59.2 Å². The standard InChI is InChI=1S/C21H25N3OS/c22-21(25)17-3-1-2-15(12-17)14-24(18-6-9-23-10-7-18)19-4-5-20-16(13-19)8-11-26-20/h1-5,12-13,18,23H,6-11,14H2,(H2,22,25). The van der Waals surface area contributed by atoms with Crippen molar-refractivity contribution >= 4 is 23.4 Å². The molecule has 2 heterocycles. The van der Waals surface area contributed by atoms with Crippen LogP contribution < -0.4 is 16.0 Å². The number of nitrogens with two attached hydrogens (primary N) is 1. The number of thioether (sulfide) groups is 1. The van der Waals surface area contributed by atoms with Crippen molar-refractivity contribution in [2.75, 3.05) is 23.7 Å². The summed E-state index contributed by atoms with van der Waals surface area (Å²) in [4.78, 5) is 15.5. The van der Waals surface area contributed by atoms with Gasteiger partial charge in [-0.1, -0.05) is 12.1 Å². The summed E-state index contributed by atoms with van der Waals surface area (Å²) in [5.74, 6) is 0.821. The lowest BCUT2D eigenvalue weighted by Gasteiger charge is -2.37. The molecule has 0 saturated carbocycles. The van der Waals surface area contributed by atoms with Crippen molar-refractivity contribution in [3.8, 4) is 0 Å². The van der Waals surface area contributed by atoms with E-state index in [-0.39, 0.29) is 5.91 Å². The summed E-state index contributed by atoms with van der Waals surface area (Å²) in [7, 11) is 0. The Morgan fingerprint density at radius 1 is 1.19 bits per heavy atom. The van der Waals surface area contributed by atoms with Gasteiger partial charge in [0.1, 0.15) is 0 Å². The summed E-state index contributed by atoms with van der Waals surface area (Å²) >= 11 is 1.95. The van der Waals surface area contributed by atoms with Crippen molar-refractivity contribution < 1.29 is 4.79 Å². The van der Waals surface area contributed by atoms with E-state index in [9.17, 15) is 4.79 Å². The summed E-state index contributed by atoms with van der Waals surface area (Å²) < 4.78 is 0. The second-order valence-corrected chi connectivity index (χ2v) is 8.20. The summed E-state index contributed by atoms with van der Waals surface area (Å²) in [6.45, 7) is 2.92. The minimum absolute atomic E-state index is 0.366. The van der Waals surface area contributed by atoms with Gasteiger partial charge in [-0.3, -0.25) is 4.79 Å². The van der Waals surface area contributed by atoms with E-state index >= 15 is 0 Å². The summed E-state index contributed by atoms with van der Waals surface area (Å²) in [6, 6.07) is 15.1. The van der Waals surface area contributed by atoms with E-state index in [1.54, 1.807) is 6.07 Å². The molecule has 0 aromatic heterocycles. The van der Waals surface area contributed by atoms with Gasteiger partial charge in [-0.05, 0) is 73.8 Å². The molecular formula is C21H25N3OS. The number of rotatable bonds is 5. The monoisotopic (exact) mass is 367 g/mol. The van der Waals surface area contributed by atoms with E-state index in [4.69, 9.17) is 5.73 Å². The Bertz CT molecular complexity index is 802. The van der Waals surface area contributed by atoms with Gasteiger partial charge in [0.15, 0.2) is 0 Å². The number of benzene rings is 2. The highest BCUT2D eigenvalue weighted by Crippen LogP contribution is 2.35. The zero-order valence-electron chi connectivity index (χ0n) is 14.9. The number of nitrogens with zero attached hydrogens (tertiary/aromatic N) is 1. The van der Waals surface area contributed by atoms with Crippen molar-refractivity contribution in [2.24, 2.45) is 5.73 Å². The van der Waals surface area contributed by atoms with Gasteiger partial charge >= 0.3 is 0 Å². The molecular weight excluding hydrogens is 342 g/mol. The van der Waals surface area contributed by atoms with Crippen LogP contribution in [0.4, 0.5) is 5.69 Å². The molecule has 0 aliphatic carbocycles. The van der Waals surface area contributed by atoms with Gasteiger partial charge in [0.25, 0.3) is 0 Å². The fourth-order valence-corrected chi connectivity index (χ4v) is 4.97. The molecule has 1 saturated heterocycles. The van der Waals surface area contributed by atoms with Crippen molar-refractivity contribution in [1.29, 1.82) is 0 Å². The zero-order valence-corrected chi connectivity index (χ0v) is 15.7. The molecule has 1 amide bonds. The maximum absolute atomic E-state index is 11.5. The number of piperidine rings is 1. The second kappa shape index (κ2) is 7.72. The average molecular weight is 368 g/mol. The third kappa shape index (κ3) is 3.74. The molecule has 136 valence electrons. The van der Waals surface area contributed by atoms with E-state index in [0.29, 0.717) is 11.6 Å². The number of primary amides is 1. The predicted molar refractivity (Wildman–Crippen MR) is 108 cm³/mol. The molecule has 0 bridgehead atoms. The van der Waals surface area contributed by atoms with Gasteiger partial charge in [-0.25, -0.2) is 0 Å². The molecule has 2 aliphatic rings. The normalized spacial score (nSPS) is 17.1. The lowest BCUT2D eigenvalue weighted by Crippen LogP contribution is -2.43. The molecule has 0 radical (unpaired) electrons. The lowest BCUT2D eigenvalue weighted by molar-refractivity contribution is 0.1000. The Morgan fingerprint density at radius 3 is 2.85 bits per heavy atom. The van der Waals surface area contributed by atoms with Crippen molar-refractivity contribution in [1.82, 2.24) is 5.32 Å². The summed E-state index contributed by atoms with van der Waals surface area (Å²) in [5.41, 5.74) is 9.95. The molecule has 5 heteroatoms. The first-order valence-electron chi connectivity index (χ1n) is 9.32. The van der Waals surface area contributed by atoms with Crippen LogP contribution in [0.3, 0.4) is 0 Å². The molecule has 0 atom stereocenters. The Balaban J connectivity index is 1.64. The van der Waals surface area contributed by atoms with Crippen LogP contribution in [-0.4, -0.2) is 30.8 Å². The van der Waals surface area contributed by atoms with E-state index < -0.39 is 0 Å². The number of carbonyl (C=O) groups excluding carboxylic acids is 1. The molecule has 3 N–H and O–H groups in total. The van der Waals surface area contributed by atoms with Crippen LogP contribution in [0, 0.1) is 0 Å². The summed E-state index contributed by atoms with van der Waals surface area (Å²) in [6.07, 6.45) is 3.44. The molecule has 0 unspecified atom stereocenters. The summed E-state index contributed by atoms with van der Waals surface area (Å²) in [5, 5.41) is 3.46. The smallest absolute Gasteiger partial charge is 0.248 e. The van der Waals surface area contributed by atoms with E-state index in [2.05, 4.69) is 34.5 Å². The second-order valence-electron chi connectivity index (χ2n) is 7.06. The van der Waals surface area contributed by atoms with Gasteiger partial charge in [-0.2, -0.15) is 0 Å². The van der Waals surface area contributed by atoms with Crippen LogP contribution >= 0.6 is 11.8 Å². The molecule has 2 aromatic rings. The Labute approximate surface area is 159 Å². The van der Waals surface area contributed by atoms with E-state index in [1.165, 1.54) is 21.9 Å². The molecule has 2 aromatic carbocycles. The van der Waals surface area contributed by atoms with Crippen LogP contribution in [0.5, 0.6) is 0 Å². The van der Waals surface area contributed by atoms with Crippen LogP contribution in [0.2, 0.25) is 0 Å². The first kappa shape index (κ1) is 17.4. The number of fused-ring (bicyclic) bond motifs is 1. The van der Waals surface area contributed by atoms with Gasteiger partial charge in [0, 0.05) is 34.5 Å². The third-order valence-electron chi connectivity index (χ3n) is 5.32. The van der Waals surface area contributed by atoms with Gasteiger partial charge < -0.3 is 16.0 Å². The van der Waals surface area contributed by atoms with Crippen LogP contribution in [0.25, 0.3) is 0 Å². The van der Waals surface area contributed by atoms with Crippen LogP contribution in [-0.2, 0) is 13.0 Å². The maximum Gasteiger partial charge on any atom is 0.248 e. The van der Waals surface area contributed by atoms with Gasteiger partial charge in [0.05, 0.1) is 0 Å². The topological polar surface area (TPSA) is 58.4 Å². The highest BCUT2D eigenvalue weighted by Gasteiger charge is 2.23. The lowest BCUT2D eigenvalue weighted by atomic mass is 10.0. The number of anilines is 1. The molecule has 2 aliphatic heterocycles. The fourth-order valence-electron chi connectivity index (χ4n) is 3.92. The number of nitrogens with one attached hydrogen (secondary N) is 1. The SMILES string of the molecule is NC(=O)c1cccc(CN(c2ccc3c(c2)CCS3)C2CCNCC2)c1. The number of hydrogen-bond acceptors (Lipinski definition) is 4. The Kier molecular flexibility index (Phi) is 5.18. The fraction of sp³-hybridized carbons (Fsp3) is 0.381. The molecule has 4 rings (SSSR count). The van der Waals surface area contributed by atoms with Gasteiger partial charge in [0.2, 0.25) is 5.91 Å². The van der Waals surface area contributed by atoms with Crippen molar-refractivity contribution in [2.45, 2.75) is 36.7 Å². The highest BCUT2D eigenvalue weighted by molar-refractivity contribution is 7.99. The minimum atomic E-state index is -0.366. The molecule has 0 spiro atoms. The highest BCUT2D eigenvalue weighted by atomic mass is 32.2. The van der Waals surface area contributed by atoms with Crippen LogP contribution in [0.15, 0.2) is 47.4 Å². The quantitative estimate of drug-likeness (QED) is 0.852. The number of hydrogen-bond donors (Lipinski definition) is 2. The molecule has 4 nitrogen and oxygen atoms in total. The zero-order chi connectivity index (χ0) is 17.9. The van der Waals surface area contributed by atoms with Crippen LogP contribution in [0.1, 0.15) is 34.3 Å². The molecule has 26 heavy (non-hydrogen) atoms. The predicted octanol–water partition coefficient (Wildman–Crippen LogP) is 3.19. The molecule has 1 fully saturated rings. The Hall–Kier alpha value is -1.98. The Morgan fingerprint density at radius 2 is 2.04 bits per heavy atom. The first-order chi connectivity index (χ1) is 12.7. The number of amides is 1. The van der Waals surface area contributed by atoms with E-state index in [1.807, 2.05) is 23.9 Å². The van der Waals surface area contributed by atoms with Gasteiger partial charge in [-0.15, -0.1) is 11.8 Å². The largest absolute Gasteiger partial charge is 0.366 e. The van der Waals surface area contributed by atoms with Crippen molar-refractivity contribution in [3.63, 3.8) is 0 Å². The third-order valence-corrected chi connectivity index (χ3v) is 6.44. The average Bonchev–Trinajstić information content (AvgIpc) is 3.15. The first-order valence-corrected chi connectivity index (χ1v) is 10.3. The number of carbonyl (C=O) groups is 1. The minimum Gasteiger partial charge on any atom is -0.366 e. The maximum atomic E-state index is 11.5.